The molecular weight excluding hydrogens is 169 g/mol. The van der Waals surface area contributed by atoms with Gasteiger partial charge >= 0.3 is 0 Å². The monoisotopic (exact) mass is 176 g/mol. The van der Waals surface area contributed by atoms with Gasteiger partial charge in [0.15, 0.2) is 9.84 Å². The van der Waals surface area contributed by atoms with E-state index in [-0.39, 0.29) is 0 Å². The molecule has 0 spiro atoms. The van der Waals surface area contributed by atoms with E-state index in [4.69, 9.17) is 0 Å². The topological polar surface area (TPSA) is 34.1 Å². The quantitative estimate of drug-likeness (QED) is 0.642. The van der Waals surface area contributed by atoms with Gasteiger partial charge in [-0.2, -0.15) is 0 Å². The Bertz CT molecular complexity index is 187. The van der Waals surface area contributed by atoms with Crippen molar-refractivity contribution >= 4 is 9.84 Å². The van der Waals surface area contributed by atoms with Crippen molar-refractivity contribution in [1.82, 2.24) is 0 Å². The van der Waals surface area contributed by atoms with Crippen LogP contribution in [0.25, 0.3) is 0 Å². The SMILES string of the molecule is CCS(=O)(=O)C(F)C(F)F. The minimum atomic E-state index is -4.21. The Kier molecular flexibility index (Phi) is 3.14. The Labute approximate surface area is 57.0 Å². The number of hydrogen-bond donors (Lipinski definition) is 0. The van der Waals surface area contributed by atoms with Crippen LogP contribution in [0.3, 0.4) is 0 Å². The predicted octanol–water partition coefficient (Wildman–Crippen LogP) is 0.982. The number of halogens is 3. The Balaban J connectivity index is 4.35. The third-order valence-corrected chi connectivity index (χ3v) is 2.64. The molecule has 0 radical (unpaired) electrons. The third-order valence-electron chi connectivity index (χ3n) is 0.944. The highest BCUT2D eigenvalue weighted by Gasteiger charge is 2.31. The molecule has 0 aromatic carbocycles. The van der Waals surface area contributed by atoms with E-state index in [0.717, 1.165) is 6.92 Å². The second-order valence-corrected chi connectivity index (χ2v) is 3.99. The summed E-state index contributed by atoms with van der Waals surface area (Å²) < 4.78 is 55.3. The molecule has 0 aliphatic heterocycles. The summed E-state index contributed by atoms with van der Waals surface area (Å²) in [4.78, 5) is 0. The standard InChI is InChI=1S/C4H7F3O2S/c1-2-10(8,9)4(7)3(5)6/h3-4H,2H2,1H3. The Morgan fingerprint density at radius 2 is 1.70 bits per heavy atom. The summed E-state index contributed by atoms with van der Waals surface area (Å²) in [7, 11) is -4.21. The second-order valence-electron chi connectivity index (χ2n) is 1.64. The molecule has 0 rings (SSSR count). The highest BCUT2D eigenvalue weighted by molar-refractivity contribution is 7.91. The molecule has 62 valence electrons. The van der Waals surface area contributed by atoms with Crippen LogP contribution >= 0.6 is 0 Å². The maximum atomic E-state index is 12.0. The minimum absolute atomic E-state index is 0.599. The lowest BCUT2D eigenvalue weighted by Gasteiger charge is -2.04. The summed E-state index contributed by atoms with van der Waals surface area (Å²) in [6.07, 6.45) is -3.44. The van der Waals surface area contributed by atoms with E-state index in [0.29, 0.717) is 0 Å². The average molecular weight is 176 g/mol. The fourth-order valence-electron chi connectivity index (χ4n) is 0.316. The normalized spacial score (nSPS) is 15.7. The van der Waals surface area contributed by atoms with Gasteiger partial charge < -0.3 is 0 Å². The van der Waals surface area contributed by atoms with E-state index in [1.807, 2.05) is 0 Å². The van der Waals surface area contributed by atoms with E-state index in [1.54, 1.807) is 0 Å². The second kappa shape index (κ2) is 3.23. The molecule has 0 amide bonds. The zero-order valence-corrected chi connectivity index (χ0v) is 6.04. The van der Waals surface area contributed by atoms with Crippen molar-refractivity contribution in [2.75, 3.05) is 5.75 Å². The van der Waals surface area contributed by atoms with Gasteiger partial charge in [0, 0.05) is 0 Å². The first kappa shape index (κ1) is 9.74. The summed E-state index contributed by atoms with van der Waals surface area (Å²) in [6.45, 7) is 1.12. The molecule has 0 heterocycles. The van der Waals surface area contributed by atoms with Crippen LogP contribution in [0, 0.1) is 0 Å². The van der Waals surface area contributed by atoms with Gasteiger partial charge in [-0.1, -0.05) is 6.92 Å². The first-order valence-corrected chi connectivity index (χ1v) is 4.27. The van der Waals surface area contributed by atoms with E-state index >= 15 is 0 Å². The first-order valence-electron chi connectivity index (χ1n) is 2.55. The lowest BCUT2D eigenvalue weighted by atomic mass is 10.8. The number of alkyl halides is 3. The Morgan fingerprint density at radius 1 is 1.30 bits per heavy atom. The van der Waals surface area contributed by atoms with E-state index in [2.05, 4.69) is 0 Å². The molecule has 6 heteroatoms. The highest BCUT2D eigenvalue weighted by Crippen LogP contribution is 2.12. The number of sulfone groups is 1. The summed E-state index contributed by atoms with van der Waals surface area (Å²) in [5.74, 6) is -0.599. The predicted molar refractivity (Wildman–Crippen MR) is 30.4 cm³/mol. The van der Waals surface area contributed by atoms with Crippen LogP contribution in [0.2, 0.25) is 0 Å². The van der Waals surface area contributed by atoms with Crippen molar-refractivity contribution in [2.45, 2.75) is 18.9 Å². The number of hydrogen-bond acceptors (Lipinski definition) is 2. The molecule has 2 nitrogen and oxygen atoms in total. The van der Waals surface area contributed by atoms with Crippen LogP contribution in [0.4, 0.5) is 13.2 Å². The highest BCUT2D eigenvalue weighted by atomic mass is 32.2. The summed E-state index contributed by atoms with van der Waals surface area (Å²) >= 11 is 0. The fourth-order valence-corrected chi connectivity index (χ4v) is 0.948. The lowest BCUT2D eigenvalue weighted by molar-refractivity contribution is 0.0903. The third kappa shape index (κ3) is 2.17. The van der Waals surface area contributed by atoms with Gasteiger partial charge in [0.1, 0.15) is 0 Å². The maximum Gasteiger partial charge on any atom is 0.283 e. The molecule has 0 saturated heterocycles. The minimum Gasteiger partial charge on any atom is -0.226 e. The van der Waals surface area contributed by atoms with Gasteiger partial charge in [-0.05, 0) is 0 Å². The molecule has 1 atom stereocenters. The van der Waals surface area contributed by atoms with Crippen LogP contribution in [0.5, 0.6) is 0 Å². The lowest BCUT2D eigenvalue weighted by Crippen LogP contribution is -2.25. The molecule has 0 fully saturated rings. The molecule has 0 aromatic rings. The van der Waals surface area contributed by atoms with Gasteiger partial charge in [0.2, 0.25) is 0 Å². The van der Waals surface area contributed by atoms with Crippen LogP contribution in [-0.4, -0.2) is 26.1 Å². The molecule has 0 aromatic heterocycles. The maximum absolute atomic E-state index is 12.0. The summed E-state index contributed by atoms with van der Waals surface area (Å²) in [6, 6.07) is 0. The Hall–Kier alpha value is -0.260. The van der Waals surface area contributed by atoms with Crippen molar-refractivity contribution in [3.63, 3.8) is 0 Å². The van der Waals surface area contributed by atoms with Crippen molar-refractivity contribution in [2.24, 2.45) is 0 Å². The summed E-state index contributed by atoms with van der Waals surface area (Å²) in [5.41, 5.74) is -3.03. The van der Waals surface area contributed by atoms with Crippen molar-refractivity contribution < 1.29 is 21.6 Å². The molecule has 0 bridgehead atoms. The molecule has 0 saturated carbocycles. The van der Waals surface area contributed by atoms with E-state index in [9.17, 15) is 21.6 Å². The molecule has 10 heavy (non-hydrogen) atoms. The van der Waals surface area contributed by atoms with Crippen LogP contribution in [-0.2, 0) is 9.84 Å². The summed E-state index contributed by atoms with van der Waals surface area (Å²) in [5, 5.41) is 0. The van der Waals surface area contributed by atoms with Crippen LogP contribution in [0.1, 0.15) is 6.92 Å². The van der Waals surface area contributed by atoms with Crippen LogP contribution < -0.4 is 0 Å². The van der Waals surface area contributed by atoms with Gasteiger partial charge in [-0.3, -0.25) is 0 Å². The molecular formula is C4H7F3O2S. The van der Waals surface area contributed by atoms with Gasteiger partial charge in [-0.15, -0.1) is 0 Å². The fraction of sp³-hybridized carbons (Fsp3) is 1.00. The first-order chi connectivity index (χ1) is 4.41. The van der Waals surface area contributed by atoms with Crippen molar-refractivity contribution in [1.29, 1.82) is 0 Å². The Morgan fingerprint density at radius 3 is 1.80 bits per heavy atom. The molecule has 0 aliphatic rings. The molecule has 1 unspecified atom stereocenters. The average Bonchev–Trinajstić information content (AvgIpc) is 1.86. The van der Waals surface area contributed by atoms with E-state index in [1.165, 1.54) is 0 Å². The largest absolute Gasteiger partial charge is 0.283 e. The smallest absolute Gasteiger partial charge is 0.226 e. The molecule has 0 aliphatic carbocycles. The van der Waals surface area contributed by atoms with Gasteiger partial charge in [0.25, 0.3) is 11.9 Å². The zero-order chi connectivity index (χ0) is 8.36. The van der Waals surface area contributed by atoms with Crippen LogP contribution in [0.15, 0.2) is 0 Å². The van der Waals surface area contributed by atoms with Gasteiger partial charge in [0.05, 0.1) is 5.75 Å². The number of rotatable bonds is 3. The molecule has 0 N–H and O–H groups in total. The van der Waals surface area contributed by atoms with Gasteiger partial charge in [-0.25, -0.2) is 21.6 Å². The van der Waals surface area contributed by atoms with Crippen molar-refractivity contribution in [3.05, 3.63) is 0 Å². The zero-order valence-electron chi connectivity index (χ0n) is 5.22. The van der Waals surface area contributed by atoms with E-state index < -0.39 is 27.5 Å². The van der Waals surface area contributed by atoms with Crippen molar-refractivity contribution in [3.8, 4) is 0 Å².